The van der Waals surface area contributed by atoms with Gasteiger partial charge in [-0.25, -0.2) is 9.78 Å². The Kier molecular flexibility index (Phi) is 8.34. The van der Waals surface area contributed by atoms with Gasteiger partial charge < -0.3 is 4.74 Å². The summed E-state index contributed by atoms with van der Waals surface area (Å²) in [6.45, 7) is 7.45. The lowest BCUT2D eigenvalue weighted by Crippen LogP contribution is -2.20. The normalized spacial score (nSPS) is 11.6. The first kappa shape index (κ1) is 28.1. The number of aromatic amines is 1. The van der Waals surface area contributed by atoms with Crippen LogP contribution in [0.2, 0.25) is 0 Å². The fraction of sp³-hybridized carbons (Fsp3) is 0.156. The number of hydrogen-bond donors (Lipinski definition) is 1. The number of hydrogen-bond acceptors (Lipinski definition) is 4. The van der Waals surface area contributed by atoms with Crippen LogP contribution in [0, 0.1) is 17.3 Å². The van der Waals surface area contributed by atoms with E-state index in [0.29, 0.717) is 11.1 Å². The van der Waals surface area contributed by atoms with Gasteiger partial charge in [0, 0.05) is 22.1 Å². The molecule has 4 rings (SSSR count). The predicted octanol–water partition coefficient (Wildman–Crippen LogP) is 7.06. The highest BCUT2D eigenvalue weighted by Crippen LogP contribution is 2.41. The lowest BCUT2D eigenvalue weighted by atomic mass is 9.94. The molecule has 0 aliphatic heterocycles. The second kappa shape index (κ2) is 11.9. The molecular weight excluding hydrogens is 515 g/mol. The third-order valence-electron chi connectivity index (χ3n) is 5.77. The molecule has 8 heteroatoms. The van der Waals surface area contributed by atoms with Gasteiger partial charge in [-0.15, -0.1) is 0 Å². The molecular formula is C32H26F3N3O2. The summed E-state index contributed by atoms with van der Waals surface area (Å²) in [5.41, 5.74) is -0.694. The summed E-state index contributed by atoms with van der Waals surface area (Å²) in [7, 11) is 0. The Morgan fingerprint density at radius 3 is 2.25 bits per heavy atom. The van der Waals surface area contributed by atoms with Crippen LogP contribution in [0.5, 0.6) is 5.75 Å². The van der Waals surface area contributed by atoms with Gasteiger partial charge in [-0.1, -0.05) is 74.8 Å². The van der Waals surface area contributed by atoms with Crippen molar-refractivity contribution >= 4 is 0 Å². The first-order valence-electron chi connectivity index (χ1n) is 12.4. The molecule has 4 aromatic rings. The number of H-pyrrole nitrogens is 1. The van der Waals surface area contributed by atoms with E-state index in [1.54, 1.807) is 36.4 Å². The monoisotopic (exact) mass is 541 g/mol. The molecule has 1 heterocycles. The van der Waals surface area contributed by atoms with Crippen molar-refractivity contribution in [2.45, 2.75) is 20.0 Å². The quantitative estimate of drug-likeness (QED) is 0.201. The van der Waals surface area contributed by atoms with E-state index in [4.69, 9.17) is 4.74 Å². The summed E-state index contributed by atoms with van der Waals surface area (Å²) >= 11 is 0. The van der Waals surface area contributed by atoms with Crippen molar-refractivity contribution in [1.29, 1.82) is 0 Å². The second-order valence-electron chi connectivity index (χ2n) is 9.57. The van der Waals surface area contributed by atoms with Crippen molar-refractivity contribution in [3.63, 3.8) is 0 Å². The van der Waals surface area contributed by atoms with Gasteiger partial charge in [0.15, 0.2) is 5.82 Å². The Balaban J connectivity index is 1.73. The summed E-state index contributed by atoms with van der Waals surface area (Å²) in [4.78, 5) is 23.1. The van der Waals surface area contributed by atoms with E-state index in [-0.39, 0.29) is 29.6 Å². The Labute approximate surface area is 230 Å². The van der Waals surface area contributed by atoms with Crippen molar-refractivity contribution in [2.24, 2.45) is 5.41 Å². The van der Waals surface area contributed by atoms with Gasteiger partial charge >= 0.3 is 11.9 Å². The molecule has 0 atom stereocenters. The highest BCUT2D eigenvalue weighted by atomic mass is 19.4. The minimum atomic E-state index is -4.73. The Morgan fingerprint density at radius 1 is 0.925 bits per heavy atom. The van der Waals surface area contributed by atoms with Crippen LogP contribution in [-0.4, -0.2) is 21.6 Å². The number of nitrogens with one attached hydrogen (secondary N) is 1. The zero-order valence-corrected chi connectivity index (χ0v) is 21.9. The predicted molar refractivity (Wildman–Crippen MR) is 150 cm³/mol. The van der Waals surface area contributed by atoms with E-state index >= 15 is 0 Å². The van der Waals surface area contributed by atoms with E-state index in [0.717, 1.165) is 11.6 Å². The molecule has 40 heavy (non-hydrogen) atoms. The van der Waals surface area contributed by atoms with E-state index in [1.807, 2.05) is 50.3 Å². The number of aromatic nitrogens is 3. The molecule has 0 bridgehead atoms. The fourth-order valence-corrected chi connectivity index (χ4v) is 3.77. The number of nitrogens with zero attached hydrogens (tertiary/aromatic N) is 2. The summed E-state index contributed by atoms with van der Waals surface area (Å²) in [6, 6.07) is 19.8. The van der Waals surface area contributed by atoms with Crippen LogP contribution >= 0.6 is 0 Å². The van der Waals surface area contributed by atoms with Crippen LogP contribution in [0.15, 0.2) is 102 Å². The molecule has 0 aliphatic carbocycles. The van der Waals surface area contributed by atoms with E-state index in [1.165, 1.54) is 12.1 Å². The first-order valence-corrected chi connectivity index (χ1v) is 12.4. The average Bonchev–Trinajstić information content (AvgIpc) is 2.94. The molecule has 1 aromatic heterocycles. The molecule has 0 radical (unpaired) electrons. The average molecular weight is 542 g/mol. The van der Waals surface area contributed by atoms with Gasteiger partial charge in [0.1, 0.15) is 11.6 Å². The van der Waals surface area contributed by atoms with Crippen molar-refractivity contribution in [2.75, 3.05) is 6.61 Å². The summed E-state index contributed by atoms with van der Waals surface area (Å²) < 4.78 is 48.1. The number of allylic oxidation sites excluding steroid dienone is 2. The number of halogens is 3. The molecule has 1 N–H and O–H groups in total. The van der Waals surface area contributed by atoms with Crippen molar-refractivity contribution < 1.29 is 17.9 Å². The van der Waals surface area contributed by atoms with E-state index in [2.05, 4.69) is 33.4 Å². The molecule has 5 nitrogen and oxygen atoms in total. The highest BCUT2D eigenvalue weighted by Gasteiger charge is 2.36. The van der Waals surface area contributed by atoms with Gasteiger partial charge in [-0.3, -0.25) is 4.98 Å². The highest BCUT2D eigenvalue weighted by molar-refractivity contribution is 5.71. The maximum absolute atomic E-state index is 14.1. The molecule has 0 saturated heterocycles. The maximum atomic E-state index is 14.1. The SMILES string of the molecule is C=C/C=C\C(C)(C)COc1cccc(C(F)(F)F)c1-c1nc(-c2ccc(C#Cc3ccccc3)cc2)nc(=O)[nH]1. The largest absolute Gasteiger partial charge is 0.492 e. The van der Waals surface area contributed by atoms with Gasteiger partial charge in [-0.05, 0) is 48.5 Å². The lowest BCUT2D eigenvalue weighted by molar-refractivity contribution is -0.137. The van der Waals surface area contributed by atoms with Gasteiger partial charge in [0.2, 0.25) is 0 Å². The maximum Gasteiger partial charge on any atom is 0.417 e. The Bertz CT molecular complexity index is 1640. The lowest BCUT2D eigenvalue weighted by Gasteiger charge is -2.23. The minimum Gasteiger partial charge on any atom is -0.492 e. The topological polar surface area (TPSA) is 67.9 Å². The van der Waals surface area contributed by atoms with Gasteiger partial charge in [-0.2, -0.15) is 18.2 Å². The Hall–Kier alpha value is -4.90. The molecule has 0 saturated carbocycles. The van der Waals surface area contributed by atoms with E-state index < -0.39 is 22.8 Å². The van der Waals surface area contributed by atoms with Gasteiger partial charge in [0.05, 0.1) is 17.7 Å². The van der Waals surface area contributed by atoms with Crippen molar-refractivity contribution in [3.8, 4) is 40.4 Å². The van der Waals surface area contributed by atoms with Crippen molar-refractivity contribution in [3.05, 3.63) is 125 Å². The fourth-order valence-electron chi connectivity index (χ4n) is 3.77. The number of ether oxygens (including phenoxy) is 1. The summed E-state index contributed by atoms with van der Waals surface area (Å²) in [5.74, 6) is 5.70. The number of benzene rings is 3. The summed E-state index contributed by atoms with van der Waals surface area (Å²) in [6.07, 6.45) is 0.454. The molecule has 0 spiro atoms. The smallest absolute Gasteiger partial charge is 0.417 e. The van der Waals surface area contributed by atoms with Crippen LogP contribution in [0.1, 0.15) is 30.5 Å². The molecule has 0 amide bonds. The van der Waals surface area contributed by atoms with Crippen LogP contribution in [-0.2, 0) is 6.18 Å². The van der Waals surface area contributed by atoms with E-state index in [9.17, 15) is 18.0 Å². The molecule has 0 fully saturated rings. The van der Waals surface area contributed by atoms with Crippen LogP contribution in [0.25, 0.3) is 22.8 Å². The first-order chi connectivity index (χ1) is 19.1. The van der Waals surface area contributed by atoms with Crippen LogP contribution in [0.4, 0.5) is 13.2 Å². The summed E-state index contributed by atoms with van der Waals surface area (Å²) in [5, 5.41) is 0. The van der Waals surface area contributed by atoms with Crippen LogP contribution < -0.4 is 10.4 Å². The molecule has 3 aromatic carbocycles. The zero-order valence-electron chi connectivity index (χ0n) is 21.9. The zero-order chi connectivity index (χ0) is 28.8. The standard InChI is InChI=1S/C32H26F3N3O2/c1-4-5-20-31(2,3)21-40-26-13-9-12-25(32(33,34)35)27(26)29-36-28(37-30(39)38-29)24-18-16-23(17-19-24)15-14-22-10-7-6-8-11-22/h4-13,16-20H,1,21H2,2-3H3,(H,36,37,38,39)/b20-5-. The van der Waals surface area contributed by atoms with Gasteiger partial charge in [0.25, 0.3) is 0 Å². The number of alkyl halides is 3. The molecule has 202 valence electrons. The number of rotatable bonds is 7. The molecule has 0 aliphatic rings. The second-order valence-corrected chi connectivity index (χ2v) is 9.57. The molecule has 0 unspecified atom stereocenters. The Morgan fingerprint density at radius 2 is 1.60 bits per heavy atom. The third kappa shape index (κ3) is 7.14. The van der Waals surface area contributed by atoms with Crippen molar-refractivity contribution in [1.82, 2.24) is 15.0 Å². The third-order valence-corrected chi connectivity index (χ3v) is 5.77. The minimum absolute atomic E-state index is 0.0292. The van der Waals surface area contributed by atoms with Crippen LogP contribution in [0.3, 0.4) is 0 Å².